The van der Waals surface area contributed by atoms with E-state index in [0.717, 1.165) is 12.8 Å². The van der Waals surface area contributed by atoms with Crippen molar-refractivity contribution < 1.29 is 4.79 Å². The fourth-order valence-corrected chi connectivity index (χ4v) is 1.90. The Morgan fingerprint density at radius 3 is 3.13 bits per heavy atom. The molecule has 4 nitrogen and oxygen atoms in total. The molecular weight excluding hydrogens is 210 g/mol. The summed E-state index contributed by atoms with van der Waals surface area (Å²) in [5, 5.41) is 8.61. The molecule has 82 valence electrons. The second kappa shape index (κ2) is 6.40. The van der Waals surface area contributed by atoms with Crippen molar-refractivity contribution in [3.8, 4) is 0 Å². The van der Waals surface area contributed by atoms with Crippen molar-refractivity contribution in [2.75, 3.05) is 12.3 Å². The van der Waals surface area contributed by atoms with E-state index >= 15 is 0 Å². The lowest BCUT2D eigenvalue weighted by molar-refractivity contribution is -0.123. The normalized spacial score (nSPS) is 19.4. The molecule has 1 heterocycles. The Kier molecular flexibility index (Phi) is 5.10. The number of carbonyl (C=O) groups excluding carboxylic acids is 1. The van der Waals surface area contributed by atoms with Gasteiger partial charge in [0.1, 0.15) is 0 Å². The molecule has 0 atom stereocenters. The third-order valence-electron chi connectivity index (χ3n) is 1.81. The van der Waals surface area contributed by atoms with E-state index in [-0.39, 0.29) is 5.91 Å². The van der Waals surface area contributed by atoms with E-state index in [4.69, 9.17) is 0 Å². The molecule has 1 aliphatic heterocycles. The molecule has 0 bridgehead atoms. The first kappa shape index (κ1) is 12.0. The molecule has 0 aromatic heterocycles. The SMILES string of the molecule is C=CCN1C(=O)CS/C1=N\N=C/CCC. The first-order valence-corrected chi connectivity index (χ1v) is 5.91. The van der Waals surface area contributed by atoms with E-state index in [1.165, 1.54) is 11.8 Å². The fourth-order valence-electron chi connectivity index (χ4n) is 1.06. The van der Waals surface area contributed by atoms with Crippen LogP contribution in [-0.4, -0.2) is 34.5 Å². The van der Waals surface area contributed by atoms with Crippen LogP contribution in [0.4, 0.5) is 0 Å². The Bertz CT molecular complexity index is 299. The van der Waals surface area contributed by atoms with Crippen molar-refractivity contribution in [1.82, 2.24) is 4.90 Å². The summed E-state index contributed by atoms with van der Waals surface area (Å²) in [6.07, 6.45) is 5.42. The molecule has 0 aromatic rings. The van der Waals surface area contributed by atoms with E-state index in [1.807, 2.05) is 0 Å². The third kappa shape index (κ3) is 3.51. The average Bonchev–Trinajstić information content (AvgIpc) is 2.57. The molecule has 1 saturated heterocycles. The standard InChI is InChI=1S/C10H15N3OS/c1-3-5-6-11-12-10-13(7-4-2)9(14)8-15-10/h4,6H,2-3,5,7-8H2,1H3/b11-6-,12-10-. The largest absolute Gasteiger partial charge is 0.285 e. The van der Waals surface area contributed by atoms with Crippen LogP contribution in [0.25, 0.3) is 0 Å². The minimum absolute atomic E-state index is 0.0735. The lowest BCUT2D eigenvalue weighted by atomic mass is 10.4. The fraction of sp³-hybridized carbons (Fsp3) is 0.500. The van der Waals surface area contributed by atoms with Gasteiger partial charge in [0.2, 0.25) is 5.91 Å². The van der Waals surface area contributed by atoms with Crippen LogP contribution in [-0.2, 0) is 4.79 Å². The van der Waals surface area contributed by atoms with Crippen molar-refractivity contribution in [2.45, 2.75) is 19.8 Å². The predicted octanol–water partition coefficient (Wildman–Crippen LogP) is 1.89. The van der Waals surface area contributed by atoms with Crippen LogP contribution in [0.15, 0.2) is 22.9 Å². The summed E-state index contributed by atoms with van der Waals surface area (Å²) >= 11 is 1.42. The van der Waals surface area contributed by atoms with Gasteiger partial charge >= 0.3 is 0 Å². The zero-order chi connectivity index (χ0) is 11.1. The van der Waals surface area contributed by atoms with E-state index in [1.54, 1.807) is 17.2 Å². The van der Waals surface area contributed by atoms with Gasteiger partial charge in [0, 0.05) is 12.8 Å². The molecular formula is C10H15N3OS. The number of nitrogens with zero attached hydrogens (tertiary/aromatic N) is 3. The summed E-state index contributed by atoms with van der Waals surface area (Å²) in [6, 6.07) is 0. The molecule has 1 amide bonds. The van der Waals surface area contributed by atoms with Gasteiger partial charge in [-0.25, -0.2) is 0 Å². The van der Waals surface area contributed by atoms with Crippen LogP contribution in [0, 0.1) is 0 Å². The Labute approximate surface area is 94.1 Å². The number of thioether (sulfide) groups is 1. The van der Waals surface area contributed by atoms with Gasteiger partial charge in [-0.2, -0.15) is 5.10 Å². The number of hydrogen-bond acceptors (Lipinski definition) is 4. The first-order valence-electron chi connectivity index (χ1n) is 4.93. The maximum Gasteiger partial charge on any atom is 0.239 e. The molecule has 1 fully saturated rings. The molecule has 0 N–H and O–H groups in total. The Morgan fingerprint density at radius 2 is 2.47 bits per heavy atom. The molecule has 0 aliphatic carbocycles. The number of amidine groups is 1. The zero-order valence-corrected chi connectivity index (χ0v) is 9.66. The van der Waals surface area contributed by atoms with E-state index < -0.39 is 0 Å². The topological polar surface area (TPSA) is 45.0 Å². The highest BCUT2D eigenvalue weighted by Gasteiger charge is 2.26. The Hall–Kier alpha value is -1.10. The molecule has 5 heteroatoms. The van der Waals surface area contributed by atoms with E-state index in [2.05, 4.69) is 23.7 Å². The molecule has 0 saturated carbocycles. The highest BCUT2D eigenvalue weighted by atomic mass is 32.2. The van der Waals surface area contributed by atoms with Crippen LogP contribution in [0.1, 0.15) is 19.8 Å². The summed E-state index contributed by atoms with van der Waals surface area (Å²) < 4.78 is 0. The van der Waals surface area contributed by atoms with Gasteiger partial charge in [-0.3, -0.25) is 9.69 Å². The van der Waals surface area contributed by atoms with Crippen molar-refractivity contribution >= 4 is 29.1 Å². The van der Waals surface area contributed by atoms with Crippen molar-refractivity contribution in [1.29, 1.82) is 0 Å². The summed E-state index contributed by atoms with van der Waals surface area (Å²) in [5.74, 6) is 0.528. The van der Waals surface area contributed by atoms with Crippen molar-refractivity contribution in [3.05, 3.63) is 12.7 Å². The number of hydrogen-bond donors (Lipinski definition) is 0. The highest BCUT2D eigenvalue weighted by Crippen LogP contribution is 2.18. The van der Waals surface area contributed by atoms with Gasteiger partial charge in [-0.15, -0.1) is 11.7 Å². The number of unbranched alkanes of at least 4 members (excludes halogenated alkanes) is 1. The summed E-state index contributed by atoms with van der Waals surface area (Å²) in [6.45, 7) is 6.19. The van der Waals surface area contributed by atoms with E-state index in [0.29, 0.717) is 17.5 Å². The third-order valence-corrected chi connectivity index (χ3v) is 2.76. The second-order valence-electron chi connectivity index (χ2n) is 3.05. The lowest BCUT2D eigenvalue weighted by Crippen LogP contribution is -2.29. The number of rotatable bonds is 5. The summed E-state index contributed by atoms with van der Waals surface area (Å²) in [5.41, 5.74) is 0. The Balaban J connectivity index is 2.59. The Morgan fingerprint density at radius 1 is 1.67 bits per heavy atom. The molecule has 0 spiro atoms. The monoisotopic (exact) mass is 225 g/mol. The molecule has 15 heavy (non-hydrogen) atoms. The molecule has 0 unspecified atom stereocenters. The molecule has 1 rings (SSSR count). The minimum Gasteiger partial charge on any atom is -0.285 e. The number of amides is 1. The summed E-state index contributed by atoms with van der Waals surface area (Å²) in [4.78, 5) is 13.0. The lowest BCUT2D eigenvalue weighted by Gasteiger charge is -2.11. The van der Waals surface area contributed by atoms with Crippen molar-refractivity contribution in [2.24, 2.45) is 10.2 Å². The van der Waals surface area contributed by atoms with Gasteiger partial charge in [-0.1, -0.05) is 31.2 Å². The summed E-state index contributed by atoms with van der Waals surface area (Å²) in [7, 11) is 0. The maximum atomic E-state index is 11.4. The quantitative estimate of drug-likeness (QED) is 0.407. The minimum atomic E-state index is 0.0735. The molecule has 1 aliphatic rings. The molecule has 0 radical (unpaired) electrons. The van der Waals surface area contributed by atoms with E-state index in [9.17, 15) is 4.79 Å². The van der Waals surface area contributed by atoms with Crippen LogP contribution < -0.4 is 0 Å². The first-order chi connectivity index (χ1) is 7.29. The van der Waals surface area contributed by atoms with Crippen molar-refractivity contribution in [3.63, 3.8) is 0 Å². The van der Waals surface area contributed by atoms with Gasteiger partial charge in [0.25, 0.3) is 0 Å². The van der Waals surface area contributed by atoms with Crippen LogP contribution in [0.2, 0.25) is 0 Å². The van der Waals surface area contributed by atoms with Gasteiger partial charge in [0.15, 0.2) is 5.17 Å². The smallest absolute Gasteiger partial charge is 0.239 e. The zero-order valence-electron chi connectivity index (χ0n) is 8.85. The second-order valence-corrected chi connectivity index (χ2v) is 3.99. The van der Waals surface area contributed by atoms with Gasteiger partial charge in [0.05, 0.1) is 5.75 Å². The molecule has 0 aromatic carbocycles. The predicted molar refractivity (Wildman–Crippen MR) is 65.2 cm³/mol. The van der Waals surface area contributed by atoms with Crippen LogP contribution in [0.5, 0.6) is 0 Å². The van der Waals surface area contributed by atoms with Gasteiger partial charge < -0.3 is 0 Å². The van der Waals surface area contributed by atoms with Crippen LogP contribution in [0.3, 0.4) is 0 Å². The van der Waals surface area contributed by atoms with Crippen LogP contribution >= 0.6 is 11.8 Å². The van der Waals surface area contributed by atoms with Gasteiger partial charge in [-0.05, 0) is 6.42 Å². The highest BCUT2D eigenvalue weighted by molar-refractivity contribution is 8.15. The maximum absolute atomic E-state index is 11.4. The number of carbonyl (C=O) groups is 1. The average molecular weight is 225 g/mol.